The van der Waals surface area contributed by atoms with Gasteiger partial charge in [-0.2, -0.15) is 0 Å². The average Bonchev–Trinajstić information content (AvgIpc) is 2.36. The first-order valence-corrected chi connectivity index (χ1v) is 6.70. The number of piperidine rings is 1. The Bertz CT molecular complexity index is 434. The predicted molar refractivity (Wildman–Crippen MR) is 75.7 cm³/mol. The molecule has 0 amide bonds. The van der Waals surface area contributed by atoms with Crippen molar-refractivity contribution in [2.24, 2.45) is 4.99 Å². The highest BCUT2D eigenvalue weighted by Gasteiger charge is 2.11. The standard InChI is InChI=1S/C15H22N2O/c1-11-7-12(2)15(18)13(8-11)9-16-10-14-5-3-4-6-17-14/h7-9,14,17-18H,3-6,10H2,1-2H3. The summed E-state index contributed by atoms with van der Waals surface area (Å²) < 4.78 is 0. The molecule has 1 aromatic carbocycles. The zero-order chi connectivity index (χ0) is 13.0. The average molecular weight is 246 g/mol. The van der Waals surface area contributed by atoms with Gasteiger partial charge in [0.25, 0.3) is 0 Å². The molecule has 0 spiro atoms. The number of nitrogens with zero attached hydrogens (tertiary/aromatic N) is 1. The number of phenols is 1. The second-order valence-corrected chi connectivity index (χ2v) is 5.16. The van der Waals surface area contributed by atoms with E-state index in [1.54, 1.807) is 6.21 Å². The maximum absolute atomic E-state index is 9.95. The molecule has 1 aromatic rings. The third-order valence-corrected chi connectivity index (χ3v) is 3.44. The molecule has 18 heavy (non-hydrogen) atoms. The summed E-state index contributed by atoms with van der Waals surface area (Å²) in [5.41, 5.74) is 2.89. The fourth-order valence-electron chi connectivity index (χ4n) is 2.45. The van der Waals surface area contributed by atoms with Crippen molar-refractivity contribution in [3.05, 3.63) is 28.8 Å². The van der Waals surface area contributed by atoms with Gasteiger partial charge in [0.15, 0.2) is 0 Å². The minimum absolute atomic E-state index is 0.348. The second kappa shape index (κ2) is 6.01. The molecule has 1 aliphatic rings. The largest absolute Gasteiger partial charge is 0.507 e. The molecule has 0 radical (unpaired) electrons. The SMILES string of the molecule is Cc1cc(C)c(O)c(C=NCC2CCCCN2)c1. The fourth-order valence-corrected chi connectivity index (χ4v) is 2.45. The molecule has 3 heteroatoms. The van der Waals surface area contributed by atoms with E-state index in [0.29, 0.717) is 11.8 Å². The van der Waals surface area contributed by atoms with Crippen molar-refractivity contribution in [1.29, 1.82) is 0 Å². The van der Waals surface area contributed by atoms with Crippen molar-refractivity contribution in [3.8, 4) is 5.75 Å². The van der Waals surface area contributed by atoms with Crippen LogP contribution in [-0.4, -0.2) is 30.5 Å². The van der Waals surface area contributed by atoms with Crippen LogP contribution in [0.3, 0.4) is 0 Å². The lowest BCUT2D eigenvalue weighted by Crippen LogP contribution is -2.36. The van der Waals surface area contributed by atoms with E-state index in [0.717, 1.165) is 29.8 Å². The maximum Gasteiger partial charge on any atom is 0.127 e. The molecule has 0 bridgehead atoms. The molecule has 1 fully saturated rings. The molecule has 3 nitrogen and oxygen atoms in total. The normalized spacial score (nSPS) is 20.4. The zero-order valence-corrected chi connectivity index (χ0v) is 11.2. The van der Waals surface area contributed by atoms with Crippen molar-refractivity contribution in [2.45, 2.75) is 39.2 Å². The van der Waals surface area contributed by atoms with Crippen LogP contribution in [0.15, 0.2) is 17.1 Å². The minimum atomic E-state index is 0.348. The number of rotatable bonds is 3. The molecule has 0 aliphatic carbocycles. The van der Waals surface area contributed by atoms with Crippen molar-refractivity contribution in [3.63, 3.8) is 0 Å². The lowest BCUT2D eigenvalue weighted by molar-refractivity contribution is 0.408. The summed E-state index contributed by atoms with van der Waals surface area (Å²) in [6, 6.07) is 4.46. The van der Waals surface area contributed by atoms with Crippen molar-refractivity contribution in [2.75, 3.05) is 13.1 Å². The number of aryl methyl sites for hydroxylation is 2. The summed E-state index contributed by atoms with van der Waals surface area (Å²) in [4.78, 5) is 4.46. The van der Waals surface area contributed by atoms with Gasteiger partial charge >= 0.3 is 0 Å². The smallest absolute Gasteiger partial charge is 0.127 e. The van der Waals surface area contributed by atoms with Crippen LogP contribution in [0, 0.1) is 13.8 Å². The Labute approximate surface area is 109 Å². The Balaban J connectivity index is 2.00. The molecule has 1 atom stereocenters. The number of aromatic hydroxyl groups is 1. The van der Waals surface area contributed by atoms with Gasteiger partial charge in [0, 0.05) is 17.8 Å². The summed E-state index contributed by atoms with van der Waals surface area (Å²) in [5, 5.41) is 13.4. The first-order valence-electron chi connectivity index (χ1n) is 6.70. The van der Waals surface area contributed by atoms with E-state index in [2.05, 4.69) is 10.3 Å². The molecule has 2 rings (SSSR count). The Hall–Kier alpha value is -1.35. The van der Waals surface area contributed by atoms with Crippen LogP contribution in [0.25, 0.3) is 0 Å². The van der Waals surface area contributed by atoms with Gasteiger partial charge in [-0.1, -0.05) is 12.5 Å². The zero-order valence-electron chi connectivity index (χ0n) is 11.2. The van der Waals surface area contributed by atoms with Gasteiger partial charge in [0.05, 0.1) is 6.54 Å². The van der Waals surface area contributed by atoms with Gasteiger partial charge in [0.2, 0.25) is 0 Å². The summed E-state index contributed by atoms with van der Waals surface area (Å²) >= 11 is 0. The topological polar surface area (TPSA) is 44.6 Å². The van der Waals surface area contributed by atoms with E-state index in [9.17, 15) is 5.11 Å². The van der Waals surface area contributed by atoms with E-state index < -0.39 is 0 Å². The number of phenolic OH excluding ortho intramolecular Hbond substituents is 1. The fraction of sp³-hybridized carbons (Fsp3) is 0.533. The molecule has 1 aliphatic heterocycles. The summed E-state index contributed by atoms with van der Waals surface area (Å²) in [7, 11) is 0. The van der Waals surface area contributed by atoms with E-state index in [1.807, 2.05) is 26.0 Å². The monoisotopic (exact) mass is 246 g/mol. The van der Waals surface area contributed by atoms with Gasteiger partial charge in [-0.3, -0.25) is 4.99 Å². The second-order valence-electron chi connectivity index (χ2n) is 5.16. The van der Waals surface area contributed by atoms with Crippen LogP contribution in [-0.2, 0) is 0 Å². The summed E-state index contributed by atoms with van der Waals surface area (Å²) in [6.07, 6.45) is 5.57. The van der Waals surface area contributed by atoms with Crippen molar-refractivity contribution in [1.82, 2.24) is 5.32 Å². The number of nitrogens with one attached hydrogen (secondary N) is 1. The maximum atomic E-state index is 9.95. The molecule has 0 aromatic heterocycles. The number of hydrogen-bond acceptors (Lipinski definition) is 3. The van der Waals surface area contributed by atoms with Crippen LogP contribution in [0.1, 0.15) is 36.0 Å². The van der Waals surface area contributed by atoms with Gasteiger partial charge < -0.3 is 10.4 Å². The first kappa shape index (κ1) is 13.1. The first-order chi connectivity index (χ1) is 8.66. The minimum Gasteiger partial charge on any atom is -0.507 e. The van der Waals surface area contributed by atoms with E-state index in [-0.39, 0.29) is 0 Å². The summed E-state index contributed by atoms with van der Waals surface area (Å²) in [6.45, 7) is 5.86. The number of benzene rings is 1. The highest BCUT2D eigenvalue weighted by molar-refractivity contribution is 5.84. The molecule has 0 saturated carbocycles. The lowest BCUT2D eigenvalue weighted by atomic mass is 10.0. The van der Waals surface area contributed by atoms with Crippen LogP contribution in [0.2, 0.25) is 0 Å². The highest BCUT2D eigenvalue weighted by atomic mass is 16.3. The Morgan fingerprint density at radius 1 is 1.39 bits per heavy atom. The lowest BCUT2D eigenvalue weighted by Gasteiger charge is -2.21. The molecule has 2 N–H and O–H groups in total. The van der Waals surface area contributed by atoms with Crippen LogP contribution in [0.4, 0.5) is 0 Å². The van der Waals surface area contributed by atoms with E-state index >= 15 is 0 Å². The van der Waals surface area contributed by atoms with Gasteiger partial charge in [-0.05, 0) is 50.4 Å². The molecule has 1 heterocycles. The van der Waals surface area contributed by atoms with Gasteiger partial charge in [-0.25, -0.2) is 0 Å². The third kappa shape index (κ3) is 3.33. The van der Waals surface area contributed by atoms with Gasteiger partial charge in [-0.15, -0.1) is 0 Å². The number of aliphatic imine (C=N–C) groups is 1. The number of hydrogen-bond donors (Lipinski definition) is 2. The van der Waals surface area contributed by atoms with Crippen molar-refractivity contribution < 1.29 is 5.11 Å². The third-order valence-electron chi connectivity index (χ3n) is 3.44. The molecular weight excluding hydrogens is 224 g/mol. The van der Waals surface area contributed by atoms with Crippen LogP contribution < -0.4 is 5.32 Å². The highest BCUT2D eigenvalue weighted by Crippen LogP contribution is 2.22. The van der Waals surface area contributed by atoms with Crippen LogP contribution in [0.5, 0.6) is 5.75 Å². The Morgan fingerprint density at radius 2 is 2.22 bits per heavy atom. The molecule has 98 valence electrons. The Kier molecular flexibility index (Phi) is 4.37. The summed E-state index contributed by atoms with van der Waals surface area (Å²) in [5.74, 6) is 0.348. The van der Waals surface area contributed by atoms with Gasteiger partial charge in [0.1, 0.15) is 5.75 Å². The van der Waals surface area contributed by atoms with Crippen molar-refractivity contribution >= 4 is 6.21 Å². The Morgan fingerprint density at radius 3 is 2.94 bits per heavy atom. The molecule has 1 unspecified atom stereocenters. The van der Waals surface area contributed by atoms with E-state index in [4.69, 9.17) is 0 Å². The van der Waals surface area contributed by atoms with Crippen LogP contribution >= 0.6 is 0 Å². The quantitative estimate of drug-likeness (QED) is 0.805. The molecule has 1 saturated heterocycles. The molecular formula is C15H22N2O. The van der Waals surface area contributed by atoms with E-state index in [1.165, 1.54) is 19.3 Å². The predicted octanol–water partition coefficient (Wildman–Crippen LogP) is 2.57.